The van der Waals surface area contributed by atoms with E-state index < -0.39 is 14.3 Å². The van der Waals surface area contributed by atoms with Crippen molar-refractivity contribution in [2.45, 2.75) is 67.2 Å². The third kappa shape index (κ3) is 3.30. The first-order valence-corrected chi connectivity index (χ1v) is 9.02. The van der Waals surface area contributed by atoms with Gasteiger partial charge in [0, 0.05) is 0 Å². The Bertz CT molecular complexity index is 215. The minimum absolute atomic E-state index is 0.0638. The Morgan fingerprint density at radius 2 is 1.25 bits per heavy atom. The van der Waals surface area contributed by atoms with Gasteiger partial charge in [-0.05, 0) is 30.3 Å². The van der Waals surface area contributed by atoms with Crippen molar-refractivity contribution >= 4 is 8.65 Å². The van der Waals surface area contributed by atoms with E-state index in [1.54, 1.807) is 13.1 Å². The number of hydrogen-bond acceptors (Lipinski definition) is 1. The van der Waals surface area contributed by atoms with E-state index in [9.17, 15) is 4.11 Å². The second kappa shape index (κ2) is 4.77. The lowest BCUT2D eigenvalue weighted by Crippen LogP contribution is -2.58. The summed E-state index contributed by atoms with van der Waals surface area (Å²) in [5.74, 6) is 0.602. The first-order chi connectivity index (χ1) is 6.84. The zero-order valence-corrected chi connectivity index (χ0v) is 13.4. The number of rotatable bonds is 4. The van der Waals surface area contributed by atoms with Gasteiger partial charge in [0.15, 0.2) is 0 Å². The van der Waals surface area contributed by atoms with Gasteiger partial charge in [0.25, 0.3) is 0 Å². The lowest BCUT2D eigenvalue weighted by Gasteiger charge is -2.53. The van der Waals surface area contributed by atoms with Gasteiger partial charge in [-0.3, -0.25) is 4.11 Å². The second-order valence-electron chi connectivity index (χ2n) is 6.82. The van der Waals surface area contributed by atoms with Gasteiger partial charge in [0.1, 0.15) is 0 Å². The van der Waals surface area contributed by atoms with Crippen LogP contribution in [0.15, 0.2) is 0 Å². The largest absolute Gasteiger partial charge is 0.385 e. The maximum absolute atomic E-state index is 14.1. The van der Waals surface area contributed by atoms with Crippen LogP contribution in [-0.4, -0.2) is 14.3 Å². The van der Waals surface area contributed by atoms with E-state index in [4.69, 9.17) is 4.43 Å². The molecule has 0 radical (unpaired) electrons. The fraction of sp³-hybridized carbons (Fsp3) is 1.00. The first kappa shape index (κ1) is 16.1. The molecule has 0 rings (SSSR count). The summed E-state index contributed by atoms with van der Waals surface area (Å²) in [4.78, 5) is 0. The van der Waals surface area contributed by atoms with Crippen LogP contribution < -0.4 is 0 Å². The molecule has 0 saturated carbocycles. The third-order valence-corrected chi connectivity index (χ3v) is 4.12. The molecular formula is C13H29FOSi. The van der Waals surface area contributed by atoms with E-state index in [0.717, 1.165) is 0 Å². The third-order valence-electron chi connectivity index (χ3n) is 3.30. The maximum Gasteiger partial charge on any atom is 0.378 e. The van der Waals surface area contributed by atoms with Gasteiger partial charge >= 0.3 is 8.65 Å². The average Bonchev–Trinajstić information content (AvgIpc) is 1.94. The Kier molecular flexibility index (Phi) is 4.80. The number of halogens is 1. The van der Waals surface area contributed by atoms with Crippen molar-refractivity contribution in [2.75, 3.05) is 0 Å². The van der Waals surface area contributed by atoms with Crippen LogP contribution in [0.25, 0.3) is 0 Å². The molecule has 0 N–H and O–H groups in total. The van der Waals surface area contributed by atoms with Crippen LogP contribution in [0.2, 0.25) is 13.1 Å². The summed E-state index contributed by atoms with van der Waals surface area (Å²) in [7, 11) is -3.03. The van der Waals surface area contributed by atoms with Crippen LogP contribution >= 0.6 is 0 Å². The molecule has 0 bridgehead atoms. The minimum Gasteiger partial charge on any atom is -0.385 e. The van der Waals surface area contributed by atoms with Crippen LogP contribution in [0.3, 0.4) is 0 Å². The summed E-state index contributed by atoms with van der Waals surface area (Å²) in [6.45, 7) is 18.2. The van der Waals surface area contributed by atoms with E-state index in [1.165, 1.54) is 0 Å². The predicted octanol–water partition coefficient (Wildman–Crippen LogP) is 4.77. The lowest BCUT2D eigenvalue weighted by atomic mass is 9.64. The zero-order chi connectivity index (χ0) is 13.4. The van der Waals surface area contributed by atoms with Crippen LogP contribution in [0, 0.1) is 17.3 Å². The van der Waals surface area contributed by atoms with Gasteiger partial charge in [-0.2, -0.15) is 0 Å². The van der Waals surface area contributed by atoms with Crippen molar-refractivity contribution in [3.05, 3.63) is 0 Å². The Morgan fingerprint density at radius 3 is 1.31 bits per heavy atom. The monoisotopic (exact) mass is 248 g/mol. The van der Waals surface area contributed by atoms with Gasteiger partial charge in [0.05, 0.1) is 5.60 Å². The molecule has 0 aromatic rings. The molecule has 0 fully saturated rings. The summed E-state index contributed by atoms with van der Waals surface area (Å²) >= 11 is 0. The zero-order valence-electron chi connectivity index (χ0n) is 12.4. The summed E-state index contributed by atoms with van der Waals surface area (Å²) in [6, 6.07) is 0. The van der Waals surface area contributed by atoms with Gasteiger partial charge in [-0.15, -0.1) is 0 Å². The molecule has 0 aliphatic heterocycles. The van der Waals surface area contributed by atoms with E-state index in [1.807, 2.05) is 0 Å². The Balaban J connectivity index is 5.47. The van der Waals surface area contributed by atoms with Crippen molar-refractivity contribution in [2.24, 2.45) is 17.3 Å². The van der Waals surface area contributed by atoms with Crippen molar-refractivity contribution in [1.29, 1.82) is 0 Å². The van der Waals surface area contributed by atoms with E-state index >= 15 is 0 Å². The fourth-order valence-electron chi connectivity index (χ4n) is 3.19. The fourth-order valence-corrected chi connectivity index (χ4v) is 4.77. The summed E-state index contributed by atoms with van der Waals surface area (Å²) in [5.41, 5.74) is -0.455. The Hall–Kier alpha value is 0.107. The van der Waals surface area contributed by atoms with Crippen molar-refractivity contribution in [1.82, 2.24) is 0 Å². The summed E-state index contributed by atoms with van der Waals surface area (Å²) in [5, 5.41) is 0. The summed E-state index contributed by atoms with van der Waals surface area (Å²) < 4.78 is 20.0. The van der Waals surface area contributed by atoms with Crippen LogP contribution in [0.5, 0.6) is 0 Å². The average molecular weight is 248 g/mol. The number of hydrogen-bond donors (Lipinski definition) is 0. The summed E-state index contributed by atoms with van der Waals surface area (Å²) in [6.07, 6.45) is 0. The lowest BCUT2D eigenvalue weighted by molar-refractivity contribution is -0.119. The molecule has 0 aliphatic carbocycles. The van der Waals surface area contributed by atoms with Crippen LogP contribution in [-0.2, 0) is 4.43 Å². The van der Waals surface area contributed by atoms with Gasteiger partial charge < -0.3 is 4.43 Å². The molecule has 0 amide bonds. The molecule has 0 heterocycles. The highest BCUT2D eigenvalue weighted by Crippen LogP contribution is 2.47. The van der Waals surface area contributed by atoms with Crippen LogP contribution in [0.4, 0.5) is 4.11 Å². The topological polar surface area (TPSA) is 9.23 Å². The Morgan fingerprint density at radius 1 is 0.938 bits per heavy atom. The van der Waals surface area contributed by atoms with E-state index in [-0.39, 0.29) is 5.41 Å². The first-order valence-electron chi connectivity index (χ1n) is 6.23. The molecule has 0 aromatic heterocycles. The molecule has 3 heteroatoms. The highest BCUT2D eigenvalue weighted by molar-refractivity contribution is 6.63. The standard InChI is InChI=1S/C13H29FOSi/c1-10(2)13(11(3)4,12(5,6)7)15-16(8,9)14/h10-11H,1-9H3. The van der Waals surface area contributed by atoms with Crippen molar-refractivity contribution < 1.29 is 8.53 Å². The molecule has 0 aliphatic rings. The molecule has 1 nitrogen and oxygen atoms in total. The second-order valence-corrected chi connectivity index (χ2v) is 9.75. The van der Waals surface area contributed by atoms with Gasteiger partial charge in [-0.1, -0.05) is 48.5 Å². The predicted molar refractivity (Wildman–Crippen MR) is 71.5 cm³/mol. The smallest absolute Gasteiger partial charge is 0.378 e. The molecule has 0 aromatic carbocycles. The minimum atomic E-state index is -3.03. The quantitative estimate of drug-likeness (QED) is 0.514. The Labute approximate surface area is 102 Å². The maximum atomic E-state index is 14.1. The highest BCUT2D eigenvalue weighted by Gasteiger charge is 2.51. The molecule has 98 valence electrons. The SMILES string of the molecule is CC(C)C(O[Si](C)(C)F)(C(C)C)C(C)(C)C. The molecule has 16 heavy (non-hydrogen) atoms. The molecule has 0 unspecified atom stereocenters. The van der Waals surface area contributed by atoms with Crippen molar-refractivity contribution in [3.63, 3.8) is 0 Å². The molecule has 0 atom stereocenters. The van der Waals surface area contributed by atoms with E-state index in [2.05, 4.69) is 48.5 Å². The van der Waals surface area contributed by atoms with Gasteiger partial charge in [-0.25, -0.2) is 0 Å². The molecule has 0 spiro atoms. The molecular weight excluding hydrogens is 219 g/mol. The van der Waals surface area contributed by atoms with Crippen molar-refractivity contribution in [3.8, 4) is 0 Å². The highest BCUT2D eigenvalue weighted by atomic mass is 28.4. The normalized spacial score (nSPS) is 15.0. The van der Waals surface area contributed by atoms with E-state index in [0.29, 0.717) is 11.8 Å². The van der Waals surface area contributed by atoms with Crippen LogP contribution in [0.1, 0.15) is 48.5 Å². The molecule has 0 saturated heterocycles. The van der Waals surface area contributed by atoms with Gasteiger partial charge in [0.2, 0.25) is 0 Å².